The SMILES string of the molecule is CC1C=C(Br)CC(Br)C1O. The Labute approximate surface area is 77.8 Å². The molecule has 0 radical (unpaired) electrons. The molecule has 58 valence electrons. The van der Waals surface area contributed by atoms with Crippen LogP contribution in [0.3, 0.4) is 0 Å². The van der Waals surface area contributed by atoms with Gasteiger partial charge in [-0.2, -0.15) is 0 Å². The highest BCUT2D eigenvalue weighted by molar-refractivity contribution is 9.12. The second-order valence-electron chi connectivity index (χ2n) is 2.68. The standard InChI is InChI=1S/C7H10Br2O/c1-4-2-5(8)3-6(9)7(4)10/h2,4,6-7,10H,3H2,1H3. The number of aliphatic hydroxyl groups is 1. The van der Waals surface area contributed by atoms with Crippen molar-refractivity contribution in [3.8, 4) is 0 Å². The summed E-state index contributed by atoms with van der Waals surface area (Å²) in [6.07, 6.45) is 2.72. The van der Waals surface area contributed by atoms with Gasteiger partial charge in [-0.25, -0.2) is 0 Å². The van der Waals surface area contributed by atoms with Gasteiger partial charge in [0.2, 0.25) is 0 Å². The monoisotopic (exact) mass is 268 g/mol. The molecule has 1 nitrogen and oxygen atoms in total. The van der Waals surface area contributed by atoms with E-state index in [1.165, 1.54) is 4.48 Å². The summed E-state index contributed by atoms with van der Waals surface area (Å²) < 4.78 is 1.19. The van der Waals surface area contributed by atoms with Gasteiger partial charge in [0.1, 0.15) is 0 Å². The van der Waals surface area contributed by atoms with Crippen molar-refractivity contribution in [2.75, 3.05) is 0 Å². The summed E-state index contributed by atoms with van der Waals surface area (Å²) in [4.78, 5) is 0.210. The molecule has 0 aromatic heterocycles. The predicted molar refractivity (Wildman–Crippen MR) is 49.5 cm³/mol. The molecule has 3 atom stereocenters. The van der Waals surface area contributed by atoms with Crippen LogP contribution >= 0.6 is 31.9 Å². The van der Waals surface area contributed by atoms with E-state index in [9.17, 15) is 5.11 Å². The molecular weight excluding hydrogens is 260 g/mol. The van der Waals surface area contributed by atoms with E-state index in [0.29, 0.717) is 0 Å². The third-order valence-electron chi connectivity index (χ3n) is 1.74. The zero-order valence-electron chi connectivity index (χ0n) is 5.72. The number of alkyl halides is 1. The molecule has 0 aromatic rings. The van der Waals surface area contributed by atoms with Crippen LogP contribution in [0, 0.1) is 5.92 Å². The Balaban J connectivity index is 2.69. The minimum Gasteiger partial charge on any atom is -0.391 e. The summed E-state index contributed by atoms with van der Waals surface area (Å²) in [5.41, 5.74) is 0. The largest absolute Gasteiger partial charge is 0.391 e. The Hall–Kier alpha value is 0.660. The van der Waals surface area contributed by atoms with Gasteiger partial charge in [0.15, 0.2) is 0 Å². The Kier molecular flexibility index (Phi) is 2.95. The molecule has 1 rings (SSSR count). The molecule has 3 heteroatoms. The van der Waals surface area contributed by atoms with Crippen molar-refractivity contribution < 1.29 is 5.11 Å². The molecule has 0 bridgehead atoms. The van der Waals surface area contributed by atoms with E-state index >= 15 is 0 Å². The van der Waals surface area contributed by atoms with Crippen LogP contribution in [-0.2, 0) is 0 Å². The third-order valence-corrected chi connectivity index (χ3v) is 3.20. The average Bonchev–Trinajstić information content (AvgIpc) is 1.82. The predicted octanol–water partition coefficient (Wildman–Crippen LogP) is 2.43. The molecular formula is C7H10Br2O. The van der Waals surface area contributed by atoms with Gasteiger partial charge in [0.05, 0.1) is 6.10 Å². The second-order valence-corrected chi connectivity index (χ2v) is 4.88. The van der Waals surface area contributed by atoms with Crippen molar-refractivity contribution in [1.29, 1.82) is 0 Å². The lowest BCUT2D eigenvalue weighted by molar-refractivity contribution is 0.131. The van der Waals surface area contributed by atoms with Crippen molar-refractivity contribution in [2.45, 2.75) is 24.3 Å². The molecule has 1 aliphatic carbocycles. The van der Waals surface area contributed by atoms with Crippen molar-refractivity contribution in [3.05, 3.63) is 10.6 Å². The van der Waals surface area contributed by atoms with E-state index in [-0.39, 0.29) is 16.8 Å². The highest BCUT2D eigenvalue weighted by Gasteiger charge is 2.25. The molecule has 0 saturated carbocycles. The number of rotatable bonds is 0. The van der Waals surface area contributed by atoms with E-state index in [1.54, 1.807) is 0 Å². The Morgan fingerprint density at radius 2 is 2.30 bits per heavy atom. The number of aliphatic hydroxyl groups excluding tert-OH is 1. The first-order valence-corrected chi connectivity index (χ1v) is 5.00. The summed E-state index contributed by atoms with van der Waals surface area (Å²) in [6, 6.07) is 0. The lowest BCUT2D eigenvalue weighted by atomic mass is 9.94. The lowest BCUT2D eigenvalue weighted by Crippen LogP contribution is -2.30. The summed E-state index contributed by atoms with van der Waals surface area (Å²) in [6.45, 7) is 2.01. The maximum absolute atomic E-state index is 9.45. The third kappa shape index (κ3) is 1.83. The van der Waals surface area contributed by atoms with E-state index in [2.05, 4.69) is 37.9 Å². The van der Waals surface area contributed by atoms with Crippen LogP contribution in [0.2, 0.25) is 0 Å². The van der Waals surface area contributed by atoms with Gasteiger partial charge in [-0.15, -0.1) is 0 Å². The van der Waals surface area contributed by atoms with Gasteiger partial charge >= 0.3 is 0 Å². The van der Waals surface area contributed by atoms with Crippen LogP contribution in [0.25, 0.3) is 0 Å². The lowest BCUT2D eigenvalue weighted by Gasteiger charge is -2.26. The summed E-state index contributed by atoms with van der Waals surface area (Å²) >= 11 is 6.83. The first-order valence-electron chi connectivity index (χ1n) is 3.29. The second kappa shape index (κ2) is 3.37. The van der Waals surface area contributed by atoms with Crippen LogP contribution in [0.15, 0.2) is 10.6 Å². The fourth-order valence-corrected chi connectivity index (χ4v) is 3.12. The van der Waals surface area contributed by atoms with Gasteiger partial charge in [0, 0.05) is 10.7 Å². The molecule has 0 saturated heterocycles. The van der Waals surface area contributed by atoms with E-state index in [4.69, 9.17) is 0 Å². The quantitative estimate of drug-likeness (QED) is 0.670. The topological polar surface area (TPSA) is 20.2 Å². The van der Waals surface area contributed by atoms with E-state index in [0.717, 1.165) is 6.42 Å². The van der Waals surface area contributed by atoms with Gasteiger partial charge in [-0.3, -0.25) is 0 Å². The highest BCUT2D eigenvalue weighted by atomic mass is 79.9. The van der Waals surface area contributed by atoms with Crippen LogP contribution in [0.1, 0.15) is 13.3 Å². The molecule has 1 aliphatic rings. The number of hydrogen-bond donors (Lipinski definition) is 1. The molecule has 0 fully saturated rings. The summed E-state index contributed by atoms with van der Waals surface area (Å²) in [5.74, 6) is 0.257. The Morgan fingerprint density at radius 1 is 1.70 bits per heavy atom. The number of hydrogen-bond acceptors (Lipinski definition) is 1. The van der Waals surface area contributed by atoms with Crippen molar-refractivity contribution in [2.24, 2.45) is 5.92 Å². The zero-order valence-corrected chi connectivity index (χ0v) is 8.89. The van der Waals surface area contributed by atoms with Crippen LogP contribution < -0.4 is 0 Å². The van der Waals surface area contributed by atoms with Crippen LogP contribution in [-0.4, -0.2) is 16.0 Å². The summed E-state index contributed by atoms with van der Waals surface area (Å²) in [7, 11) is 0. The van der Waals surface area contributed by atoms with E-state index in [1.807, 2.05) is 6.92 Å². The first kappa shape index (κ1) is 8.75. The Morgan fingerprint density at radius 3 is 2.80 bits per heavy atom. The van der Waals surface area contributed by atoms with Crippen molar-refractivity contribution in [1.82, 2.24) is 0 Å². The highest BCUT2D eigenvalue weighted by Crippen LogP contribution is 2.31. The van der Waals surface area contributed by atoms with E-state index < -0.39 is 0 Å². The van der Waals surface area contributed by atoms with Gasteiger partial charge in [0.25, 0.3) is 0 Å². The molecule has 0 aromatic carbocycles. The van der Waals surface area contributed by atoms with Crippen LogP contribution in [0.4, 0.5) is 0 Å². The van der Waals surface area contributed by atoms with Crippen molar-refractivity contribution in [3.63, 3.8) is 0 Å². The molecule has 0 aliphatic heterocycles. The number of halogens is 2. The molecule has 10 heavy (non-hydrogen) atoms. The normalized spacial score (nSPS) is 41.2. The Bertz CT molecular complexity index is 156. The van der Waals surface area contributed by atoms with Crippen molar-refractivity contribution >= 4 is 31.9 Å². The zero-order chi connectivity index (χ0) is 7.72. The molecule has 1 N–H and O–H groups in total. The molecule has 0 amide bonds. The number of allylic oxidation sites excluding steroid dienone is 1. The first-order chi connectivity index (χ1) is 4.61. The maximum atomic E-state index is 9.45. The summed E-state index contributed by atoms with van der Waals surface area (Å²) in [5, 5.41) is 9.45. The fraction of sp³-hybridized carbons (Fsp3) is 0.714. The van der Waals surface area contributed by atoms with Crippen LogP contribution in [0.5, 0.6) is 0 Å². The van der Waals surface area contributed by atoms with Gasteiger partial charge in [-0.05, 0) is 10.9 Å². The minimum atomic E-state index is -0.235. The average molecular weight is 270 g/mol. The molecule has 0 spiro atoms. The minimum absolute atomic E-state index is 0.210. The molecule has 3 unspecified atom stereocenters. The smallest absolute Gasteiger partial charge is 0.0728 e. The fourth-order valence-electron chi connectivity index (χ4n) is 1.09. The molecule has 0 heterocycles. The maximum Gasteiger partial charge on any atom is 0.0728 e. The van der Waals surface area contributed by atoms with Gasteiger partial charge < -0.3 is 5.11 Å². The van der Waals surface area contributed by atoms with Gasteiger partial charge in [-0.1, -0.05) is 44.9 Å².